The van der Waals surface area contributed by atoms with Gasteiger partial charge in [-0.25, -0.2) is 9.97 Å². The molecule has 2 rings (SSSR count). The number of aromatic nitrogens is 2. The second-order valence-corrected chi connectivity index (χ2v) is 4.31. The zero-order valence-electron chi connectivity index (χ0n) is 11.0. The van der Waals surface area contributed by atoms with E-state index in [1.54, 1.807) is 25.6 Å². The average molecular weight is 259 g/mol. The fourth-order valence-corrected chi connectivity index (χ4v) is 1.67. The van der Waals surface area contributed by atoms with Crippen molar-refractivity contribution >= 4 is 0 Å². The van der Waals surface area contributed by atoms with Crippen molar-refractivity contribution in [3.63, 3.8) is 0 Å². The van der Waals surface area contributed by atoms with E-state index >= 15 is 0 Å². The van der Waals surface area contributed by atoms with Crippen LogP contribution in [0.25, 0.3) is 0 Å². The molecular weight excluding hydrogens is 242 g/mol. The van der Waals surface area contributed by atoms with Crippen molar-refractivity contribution in [2.24, 2.45) is 5.73 Å². The molecular formula is C14H17N3O2. The highest BCUT2D eigenvalue weighted by molar-refractivity contribution is 5.40. The van der Waals surface area contributed by atoms with Crippen LogP contribution in [0.15, 0.2) is 36.7 Å². The second kappa shape index (κ2) is 6.15. The molecule has 2 aromatic rings. The van der Waals surface area contributed by atoms with Gasteiger partial charge in [-0.05, 0) is 31.0 Å². The van der Waals surface area contributed by atoms with Gasteiger partial charge in [-0.15, -0.1) is 0 Å². The molecule has 0 amide bonds. The highest BCUT2D eigenvalue weighted by Gasteiger charge is 2.06. The van der Waals surface area contributed by atoms with Crippen LogP contribution in [0.4, 0.5) is 0 Å². The molecule has 2 N–H and O–H groups in total. The van der Waals surface area contributed by atoms with Crippen LogP contribution in [0.5, 0.6) is 17.5 Å². The fourth-order valence-electron chi connectivity index (χ4n) is 1.67. The largest absolute Gasteiger partial charge is 0.493 e. The lowest BCUT2D eigenvalue weighted by molar-refractivity contribution is 0.368. The second-order valence-electron chi connectivity index (χ2n) is 4.31. The maximum Gasteiger partial charge on any atom is 0.322 e. The predicted molar refractivity (Wildman–Crippen MR) is 72.5 cm³/mol. The Morgan fingerprint density at radius 3 is 2.37 bits per heavy atom. The van der Waals surface area contributed by atoms with Gasteiger partial charge in [0, 0.05) is 18.4 Å². The van der Waals surface area contributed by atoms with E-state index in [2.05, 4.69) is 9.97 Å². The Labute approximate surface area is 112 Å². The topological polar surface area (TPSA) is 70.3 Å². The molecule has 0 aliphatic heterocycles. The SMILES string of the molecule is COc1ccccc1Oc1ncc(CC(C)N)cn1. The molecule has 0 spiro atoms. The molecule has 0 saturated heterocycles. The first-order valence-electron chi connectivity index (χ1n) is 6.06. The van der Waals surface area contributed by atoms with Crippen molar-refractivity contribution in [3.8, 4) is 17.5 Å². The maximum atomic E-state index is 5.72. The third-order valence-electron chi connectivity index (χ3n) is 2.51. The molecule has 0 aliphatic carbocycles. The summed E-state index contributed by atoms with van der Waals surface area (Å²) in [6, 6.07) is 7.74. The summed E-state index contributed by atoms with van der Waals surface area (Å²) >= 11 is 0. The minimum absolute atomic E-state index is 0.0876. The molecule has 5 nitrogen and oxygen atoms in total. The molecule has 0 fully saturated rings. The number of nitrogens with two attached hydrogens (primary N) is 1. The monoisotopic (exact) mass is 259 g/mol. The first kappa shape index (κ1) is 13.3. The van der Waals surface area contributed by atoms with Crippen LogP contribution in [0, 0.1) is 0 Å². The van der Waals surface area contributed by atoms with E-state index in [-0.39, 0.29) is 12.1 Å². The Balaban J connectivity index is 2.11. The Hall–Kier alpha value is -2.14. The van der Waals surface area contributed by atoms with Gasteiger partial charge in [-0.1, -0.05) is 12.1 Å². The average Bonchev–Trinajstić information content (AvgIpc) is 2.41. The van der Waals surface area contributed by atoms with Crippen LogP contribution in [0.3, 0.4) is 0 Å². The zero-order chi connectivity index (χ0) is 13.7. The third-order valence-corrected chi connectivity index (χ3v) is 2.51. The van der Waals surface area contributed by atoms with Crippen LogP contribution >= 0.6 is 0 Å². The predicted octanol–water partition coefficient (Wildman–Crippen LogP) is 2.17. The summed E-state index contributed by atoms with van der Waals surface area (Å²) in [5.41, 5.74) is 6.71. The minimum atomic E-state index is 0.0876. The first-order chi connectivity index (χ1) is 9.19. The van der Waals surface area contributed by atoms with Crippen LogP contribution in [0.2, 0.25) is 0 Å². The summed E-state index contributed by atoms with van der Waals surface area (Å²) in [7, 11) is 1.59. The Morgan fingerprint density at radius 2 is 1.79 bits per heavy atom. The molecule has 1 heterocycles. The summed E-state index contributed by atoms with van der Waals surface area (Å²) in [5, 5.41) is 0. The van der Waals surface area contributed by atoms with E-state index in [9.17, 15) is 0 Å². The summed E-state index contributed by atoms with van der Waals surface area (Å²) in [4.78, 5) is 8.32. The van der Waals surface area contributed by atoms with Crippen molar-refractivity contribution in [2.75, 3.05) is 7.11 Å². The maximum absolute atomic E-state index is 5.72. The van der Waals surface area contributed by atoms with Crippen molar-refractivity contribution in [1.29, 1.82) is 0 Å². The van der Waals surface area contributed by atoms with E-state index in [0.29, 0.717) is 11.5 Å². The lowest BCUT2D eigenvalue weighted by Crippen LogP contribution is -2.17. The number of rotatable bonds is 5. The number of nitrogens with zero attached hydrogens (tertiary/aromatic N) is 2. The number of hydrogen-bond acceptors (Lipinski definition) is 5. The number of methoxy groups -OCH3 is 1. The number of hydrogen-bond donors (Lipinski definition) is 1. The van der Waals surface area contributed by atoms with Gasteiger partial charge < -0.3 is 15.2 Å². The van der Waals surface area contributed by atoms with Crippen LogP contribution < -0.4 is 15.2 Å². The Kier molecular flexibility index (Phi) is 4.30. The van der Waals surface area contributed by atoms with E-state index < -0.39 is 0 Å². The van der Waals surface area contributed by atoms with Gasteiger partial charge in [0.2, 0.25) is 0 Å². The molecule has 19 heavy (non-hydrogen) atoms. The van der Waals surface area contributed by atoms with E-state index in [1.807, 2.05) is 25.1 Å². The number of para-hydroxylation sites is 2. The summed E-state index contributed by atoms with van der Waals surface area (Å²) in [5.74, 6) is 1.23. The molecule has 0 saturated carbocycles. The van der Waals surface area contributed by atoms with Crippen molar-refractivity contribution < 1.29 is 9.47 Å². The van der Waals surface area contributed by atoms with Crippen LogP contribution in [-0.2, 0) is 6.42 Å². The number of benzene rings is 1. The molecule has 1 aromatic carbocycles. The molecule has 0 radical (unpaired) electrons. The van der Waals surface area contributed by atoms with E-state index in [1.165, 1.54) is 0 Å². The van der Waals surface area contributed by atoms with E-state index in [4.69, 9.17) is 15.2 Å². The van der Waals surface area contributed by atoms with Gasteiger partial charge in [0.1, 0.15) is 0 Å². The minimum Gasteiger partial charge on any atom is -0.493 e. The quantitative estimate of drug-likeness (QED) is 0.891. The van der Waals surface area contributed by atoms with Crippen molar-refractivity contribution in [2.45, 2.75) is 19.4 Å². The van der Waals surface area contributed by atoms with Crippen LogP contribution in [0.1, 0.15) is 12.5 Å². The summed E-state index contributed by atoms with van der Waals surface area (Å²) < 4.78 is 10.8. The van der Waals surface area contributed by atoms with Gasteiger partial charge in [0.25, 0.3) is 0 Å². The third kappa shape index (κ3) is 3.66. The summed E-state index contributed by atoms with van der Waals surface area (Å²) in [6.07, 6.45) is 4.19. The fraction of sp³-hybridized carbons (Fsp3) is 0.286. The zero-order valence-corrected chi connectivity index (χ0v) is 11.0. The van der Waals surface area contributed by atoms with Crippen molar-refractivity contribution in [1.82, 2.24) is 9.97 Å². The molecule has 1 aromatic heterocycles. The van der Waals surface area contributed by atoms with Gasteiger partial charge in [-0.2, -0.15) is 0 Å². The highest BCUT2D eigenvalue weighted by Crippen LogP contribution is 2.28. The highest BCUT2D eigenvalue weighted by atomic mass is 16.5. The standard InChI is InChI=1S/C14H17N3O2/c1-10(15)7-11-8-16-14(17-9-11)19-13-6-4-3-5-12(13)18-2/h3-6,8-10H,7,15H2,1-2H3. The molecule has 0 bridgehead atoms. The number of ether oxygens (including phenoxy) is 2. The Bertz CT molecular complexity index is 526. The lowest BCUT2D eigenvalue weighted by atomic mass is 10.1. The molecule has 5 heteroatoms. The smallest absolute Gasteiger partial charge is 0.322 e. The normalized spacial score (nSPS) is 11.9. The molecule has 1 unspecified atom stereocenters. The van der Waals surface area contributed by atoms with E-state index in [0.717, 1.165) is 12.0 Å². The van der Waals surface area contributed by atoms with Gasteiger partial charge in [0.05, 0.1) is 7.11 Å². The van der Waals surface area contributed by atoms with Gasteiger partial charge in [0.15, 0.2) is 11.5 Å². The van der Waals surface area contributed by atoms with Gasteiger partial charge in [-0.3, -0.25) is 0 Å². The lowest BCUT2D eigenvalue weighted by Gasteiger charge is -2.09. The van der Waals surface area contributed by atoms with Crippen molar-refractivity contribution in [3.05, 3.63) is 42.2 Å². The Morgan fingerprint density at radius 1 is 1.16 bits per heavy atom. The van der Waals surface area contributed by atoms with Crippen LogP contribution in [-0.4, -0.2) is 23.1 Å². The first-order valence-corrected chi connectivity index (χ1v) is 6.06. The molecule has 1 atom stereocenters. The molecule has 100 valence electrons. The molecule has 0 aliphatic rings. The van der Waals surface area contributed by atoms with Gasteiger partial charge >= 0.3 is 6.01 Å². The summed E-state index contributed by atoms with van der Waals surface area (Å²) in [6.45, 7) is 1.94.